The molecule has 0 aliphatic carbocycles. The molecular weight excluding hydrogens is 342 g/mol. The lowest BCUT2D eigenvalue weighted by Crippen LogP contribution is -2.17. The van der Waals surface area contributed by atoms with Crippen molar-refractivity contribution >= 4 is 22.5 Å². The number of anilines is 1. The molecule has 0 atom stereocenters. The van der Waals surface area contributed by atoms with Crippen molar-refractivity contribution in [3.8, 4) is 5.75 Å². The van der Waals surface area contributed by atoms with Gasteiger partial charge in [0.05, 0.1) is 12.2 Å². The smallest absolute Gasteiger partial charge is 0.256 e. The second kappa shape index (κ2) is 8.51. The van der Waals surface area contributed by atoms with Crippen LogP contribution in [-0.4, -0.2) is 43.0 Å². The van der Waals surface area contributed by atoms with Gasteiger partial charge in [0.2, 0.25) is 5.56 Å². The number of aromatic nitrogens is 1. The van der Waals surface area contributed by atoms with E-state index < -0.39 is 0 Å². The van der Waals surface area contributed by atoms with Gasteiger partial charge in [-0.1, -0.05) is 18.2 Å². The molecule has 0 unspecified atom stereocenters. The van der Waals surface area contributed by atoms with E-state index in [1.165, 1.54) is 6.07 Å². The Bertz CT molecular complexity index is 978. The zero-order valence-electron chi connectivity index (χ0n) is 15.5. The fourth-order valence-corrected chi connectivity index (χ4v) is 2.80. The van der Waals surface area contributed by atoms with Gasteiger partial charge in [0, 0.05) is 29.2 Å². The minimum absolute atomic E-state index is 0.305. The lowest BCUT2D eigenvalue weighted by Gasteiger charge is -2.11. The molecule has 0 saturated heterocycles. The summed E-state index contributed by atoms with van der Waals surface area (Å²) in [6.45, 7) is 1.61. The van der Waals surface area contributed by atoms with E-state index in [0.29, 0.717) is 28.8 Å². The summed E-state index contributed by atoms with van der Waals surface area (Å²) in [6, 6.07) is 15.8. The Hall–Kier alpha value is -3.12. The minimum atomic E-state index is -0.322. The summed E-state index contributed by atoms with van der Waals surface area (Å²) in [4.78, 5) is 29.3. The number of hydrogen-bond acceptors (Lipinski definition) is 4. The fourth-order valence-electron chi connectivity index (χ4n) is 2.80. The van der Waals surface area contributed by atoms with E-state index in [4.69, 9.17) is 4.74 Å². The summed E-state index contributed by atoms with van der Waals surface area (Å²) in [7, 11) is 4.06. The predicted octanol–water partition coefficient (Wildman–Crippen LogP) is 3.11. The molecule has 27 heavy (non-hydrogen) atoms. The highest BCUT2D eigenvalue weighted by atomic mass is 16.5. The molecule has 1 aromatic heterocycles. The standard InChI is InChI=1S/C21H23N3O3/c1-24(2)12-5-13-27-16-10-8-15(9-11-16)22-21(26)18-14-20(25)23-19-7-4-3-6-17(18)19/h3-4,6-11,14H,5,12-13H2,1-2H3,(H,22,26)(H,23,25). The highest BCUT2D eigenvalue weighted by Gasteiger charge is 2.12. The van der Waals surface area contributed by atoms with E-state index >= 15 is 0 Å². The minimum Gasteiger partial charge on any atom is -0.494 e. The topological polar surface area (TPSA) is 74.4 Å². The summed E-state index contributed by atoms with van der Waals surface area (Å²) in [5, 5.41) is 3.54. The largest absolute Gasteiger partial charge is 0.494 e. The molecule has 0 aliphatic rings. The van der Waals surface area contributed by atoms with Gasteiger partial charge >= 0.3 is 0 Å². The Labute approximate surface area is 157 Å². The molecule has 0 spiro atoms. The SMILES string of the molecule is CN(C)CCCOc1ccc(NC(=O)c2cc(=O)[nH]c3ccccc23)cc1. The first kappa shape index (κ1) is 18.7. The maximum absolute atomic E-state index is 12.6. The summed E-state index contributed by atoms with van der Waals surface area (Å²) in [6.07, 6.45) is 0.946. The van der Waals surface area contributed by atoms with Crippen LogP contribution in [0.1, 0.15) is 16.8 Å². The number of rotatable bonds is 7. The number of fused-ring (bicyclic) bond motifs is 1. The highest BCUT2D eigenvalue weighted by Crippen LogP contribution is 2.19. The Morgan fingerprint density at radius 1 is 1.11 bits per heavy atom. The molecule has 0 aliphatic heterocycles. The molecular formula is C21H23N3O3. The van der Waals surface area contributed by atoms with Crippen LogP contribution >= 0.6 is 0 Å². The summed E-state index contributed by atoms with van der Waals surface area (Å²) in [5.74, 6) is 0.435. The molecule has 0 saturated carbocycles. The second-order valence-electron chi connectivity index (χ2n) is 6.58. The predicted molar refractivity (Wildman–Crippen MR) is 108 cm³/mol. The van der Waals surface area contributed by atoms with Crippen molar-refractivity contribution in [3.05, 3.63) is 70.5 Å². The fraction of sp³-hybridized carbons (Fsp3) is 0.238. The summed E-state index contributed by atoms with van der Waals surface area (Å²) >= 11 is 0. The number of carbonyl (C=O) groups excluding carboxylic acids is 1. The van der Waals surface area contributed by atoms with E-state index in [1.54, 1.807) is 18.2 Å². The van der Waals surface area contributed by atoms with Crippen molar-refractivity contribution in [2.75, 3.05) is 32.6 Å². The molecule has 140 valence electrons. The second-order valence-corrected chi connectivity index (χ2v) is 6.58. The molecule has 2 N–H and O–H groups in total. The van der Waals surface area contributed by atoms with Gasteiger partial charge < -0.3 is 19.9 Å². The third kappa shape index (κ3) is 4.95. The van der Waals surface area contributed by atoms with Crippen molar-refractivity contribution in [2.45, 2.75) is 6.42 Å². The number of amides is 1. The molecule has 0 bridgehead atoms. The number of carbonyl (C=O) groups is 1. The molecule has 3 rings (SSSR count). The van der Waals surface area contributed by atoms with Gasteiger partial charge in [-0.3, -0.25) is 9.59 Å². The third-order valence-corrected chi connectivity index (χ3v) is 4.13. The van der Waals surface area contributed by atoms with E-state index in [1.807, 2.05) is 44.4 Å². The van der Waals surface area contributed by atoms with Crippen molar-refractivity contribution in [1.82, 2.24) is 9.88 Å². The monoisotopic (exact) mass is 365 g/mol. The van der Waals surface area contributed by atoms with Crippen molar-refractivity contribution in [1.29, 1.82) is 0 Å². The van der Waals surface area contributed by atoms with Gasteiger partial charge in [-0.15, -0.1) is 0 Å². The summed E-state index contributed by atoms with van der Waals surface area (Å²) < 4.78 is 5.69. The number of ether oxygens (including phenoxy) is 1. The Morgan fingerprint density at radius 2 is 1.85 bits per heavy atom. The number of nitrogens with one attached hydrogen (secondary N) is 2. The van der Waals surface area contributed by atoms with Crippen molar-refractivity contribution in [2.24, 2.45) is 0 Å². The average molecular weight is 365 g/mol. The van der Waals surface area contributed by atoms with Crippen LogP contribution in [0.3, 0.4) is 0 Å². The third-order valence-electron chi connectivity index (χ3n) is 4.13. The highest BCUT2D eigenvalue weighted by molar-refractivity contribution is 6.12. The number of pyridine rings is 1. The van der Waals surface area contributed by atoms with E-state index in [-0.39, 0.29) is 11.5 Å². The molecule has 1 heterocycles. The van der Waals surface area contributed by atoms with Crippen LogP contribution in [0, 0.1) is 0 Å². The van der Waals surface area contributed by atoms with E-state index in [0.717, 1.165) is 18.7 Å². The van der Waals surface area contributed by atoms with Crippen molar-refractivity contribution < 1.29 is 9.53 Å². The van der Waals surface area contributed by atoms with Crippen LogP contribution in [-0.2, 0) is 0 Å². The van der Waals surface area contributed by atoms with Gasteiger partial charge in [-0.25, -0.2) is 0 Å². The Morgan fingerprint density at radius 3 is 2.59 bits per heavy atom. The normalized spacial score (nSPS) is 10.9. The molecule has 3 aromatic rings. The van der Waals surface area contributed by atoms with Gasteiger partial charge in [0.15, 0.2) is 0 Å². The molecule has 2 aromatic carbocycles. The number of nitrogens with zero attached hydrogens (tertiary/aromatic N) is 1. The number of hydrogen-bond donors (Lipinski definition) is 2. The first-order valence-corrected chi connectivity index (χ1v) is 8.84. The number of aromatic amines is 1. The van der Waals surface area contributed by atoms with Gasteiger partial charge in [-0.05, 0) is 50.8 Å². The van der Waals surface area contributed by atoms with Crippen LogP contribution < -0.4 is 15.6 Å². The molecule has 6 heteroatoms. The van der Waals surface area contributed by atoms with Crippen LogP contribution in [0.2, 0.25) is 0 Å². The molecule has 0 fully saturated rings. The Balaban J connectivity index is 1.67. The van der Waals surface area contributed by atoms with E-state index in [9.17, 15) is 9.59 Å². The van der Waals surface area contributed by atoms with Crippen LogP contribution in [0.4, 0.5) is 5.69 Å². The lowest BCUT2D eigenvalue weighted by molar-refractivity contribution is 0.102. The lowest BCUT2D eigenvalue weighted by atomic mass is 10.1. The summed E-state index contributed by atoms with van der Waals surface area (Å²) in [5.41, 5.74) is 1.32. The van der Waals surface area contributed by atoms with Crippen LogP contribution in [0.15, 0.2) is 59.4 Å². The number of para-hydroxylation sites is 1. The zero-order chi connectivity index (χ0) is 19.2. The maximum Gasteiger partial charge on any atom is 0.256 e. The van der Waals surface area contributed by atoms with Gasteiger partial charge in [-0.2, -0.15) is 0 Å². The van der Waals surface area contributed by atoms with E-state index in [2.05, 4.69) is 15.2 Å². The molecule has 6 nitrogen and oxygen atoms in total. The first-order chi connectivity index (χ1) is 13.0. The average Bonchev–Trinajstić information content (AvgIpc) is 2.65. The van der Waals surface area contributed by atoms with Gasteiger partial charge in [0.25, 0.3) is 5.91 Å². The maximum atomic E-state index is 12.6. The quantitative estimate of drug-likeness (QED) is 0.631. The number of benzene rings is 2. The molecule has 0 radical (unpaired) electrons. The van der Waals surface area contributed by atoms with Crippen LogP contribution in [0.25, 0.3) is 10.9 Å². The van der Waals surface area contributed by atoms with Gasteiger partial charge in [0.1, 0.15) is 5.75 Å². The molecule has 1 amide bonds. The zero-order valence-corrected chi connectivity index (χ0v) is 15.5. The Kier molecular flexibility index (Phi) is 5.88. The van der Waals surface area contributed by atoms with Crippen LogP contribution in [0.5, 0.6) is 5.75 Å². The number of H-pyrrole nitrogens is 1. The van der Waals surface area contributed by atoms with Crippen molar-refractivity contribution in [3.63, 3.8) is 0 Å². The first-order valence-electron chi connectivity index (χ1n) is 8.84.